The molecule has 2 atom stereocenters. The zero-order valence-corrected chi connectivity index (χ0v) is 14.2. The number of rotatable bonds is 1. The summed E-state index contributed by atoms with van der Waals surface area (Å²) in [7, 11) is 0. The van der Waals surface area contributed by atoms with Gasteiger partial charge in [-0.2, -0.15) is 0 Å². The van der Waals surface area contributed by atoms with Crippen LogP contribution in [0.5, 0.6) is 0 Å². The molecule has 2 aliphatic heterocycles. The molecule has 0 aromatic heterocycles. The molecule has 3 aliphatic rings. The van der Waals surface area contributed by atoms with Gasteiger partial charge in [0.1, 0.15) is 0 Å². The standard InChI is InChI=1S/C18H34N2/c1-17(2,3)14-6-8-15(9-7-14)20-12-13-10-19-11-16(13)18(20,4)5/h13-16,19H,6-12H2,1-5H3. The summed E-state index contributed by atoms with van der Waals surface area (Å²) in [4.78, 5) is 2.89. The van der Waals surface area contributed by atoms with E-state index < -0.39 is 0 Å². The van der Waals surface area contributed by atoms with Crippen LogP contribution < -0.4 is 5.32 Å². The molecule has 0 aromatic carbocycles. The smallest absolute Gasteiger partial charge is 0.0200 e. The van der Waals surface area contributed by atoms with Crippen molar-refractivity contribution >= 4 is 0 Å². The minimum Gasteiger partial charge on any atom is -0.316 e. The number of nitrogens with zero attached hydrogens (tertiary/aromatic N) is 1. The first-order valence-corrected chi connectivity index (χ1v) is 8.77. The summed E-state index contributed by atoms with van der Waals surface area (Å²) in [5, 5.41) is 3.60. The summed E-state index contributed by atoms with van der Waals surface area (Å²) in [6.07, 6.45) is 5.74. The highest BCUT2D eigenvalue weighted by molar-refractivity contribution is 5.06. The maximum Gasteiger partial charge on any atom is 0.0200 e. The molecule has 116 valence electrons. The van der Waals surface area contributed by atoms with Crippen molar-refractivity contribution < 1.29 is 0 Å². The Hall–Kier alpha value is -0.0800. The third-order valence-electron chi connectivity index (χ3n) is 6.78. The Morgan fingerprint density at radius 2 is 1.65 bits per heavy atom. The van der Waals surface area contributed by atoms with Crippen molar-refractivity contribution in [2.75, 3.05) is 19.6 Å². The van der Waals surface area contributed by atoms with Gasteiger partial charge in [0.05, 0.1) is 0 Å². The molecular formula is C18H34N2. The van der Waals surface area contributed by atoms with Gasteiger partial charge in [-0.3, -0.25) is 4.90 Å². The van der Waals surface area contributed by atoms with Gasteiger partial charge in [0.15, 0.2) is 0 Å². The average molecular weight is 278 g/mol. The summed E-state index contributed by atoms with van der Waals surface area (Å²) in [6, 6.07) is 0.856. The molecule has 0 aromatic rings. The van der Waals surface area contributed by atoms with Crippen molar-refractivity contribution in [3.05, 3.63) is 0 Å². The Bertz CT molecular complexity index is 347. The second kappa shape index (κ2) is 4.98. The van der Waals surface area contributed by atoms with E-state index in [1.807, 2.05) is 0 Å². The highest BCUT2D eigenvalue weighted by Gasteiger charge is 2.51. The number of fused-ring (bicyclic) bond motifs is 1. The minimum absolute atomic E-state index is 0.410. The van der Waals surface area contributed by atoms with Crippen LogP contribution in [0.4, 0.5) is 0 Å². The Labute approximate surface area is 125 Å². The molecule has 2 unspecified atom stereocenters. The van der Waals surface area contributed by atoms with Crippen molar-refractivity contribution in [1.29, 1.82) is 0 Å². The summed E-state index contributed by atoms with van der Waals surface area (Å²) >= 11 is 0. The van der Waals surface area contributed by atoms with Crippen molar-refractivity contribution in [2.45, 2.75) is 71.9 Å². The van der Waals surface area contributed by atoms with Crippen LogP contribution in [0.2, 0.25) is 0 Å². The first-order valence-electron chi connectivity index (χ1n) is 8.77. The van der Waals surface area contributed by atoms with E-state index in [9.17, 15) is 0 Å². The number of hydrogen-bond acceptors (Lipinski definition) is 2. The lowest BCUT2D eigenvalue weighted by atomic mass is 9.71. The molecule has 0 spiro atoms. The molecule has 1 saturated carbocycles. The molecule has 0 amide bonds. The van der Waals surface area contributed by atoms with E-state index in [1.54, 1.807) is 0 Å². The molecule has 2 nitrogen and oxygen atoms in total. The van der Waals surface area contributed by atoms with Gasteiger partial charge in [-0.1, -0.05) is 20.8 Å². The quantitative estimate of drug-likeness (QED) is 0.789. The Balaban J connectivity index is 1.64. The average Bonchev–Trinajstić information content (AvgIpc) is 2.91. The first kappa shape index (κ1) is 14.8. The largest absolute Gasteiger partial charge is 0.316 e. The van der Waals surface area contributed by atoms with E-state index in [1.165, 1.54) is 45.3 Å². The lowest BCUT2D eigenvalue weighted by Crippen LogP contribution is -2.51. The summed E-state index contributed by atoms with van der Waals surface area (Å²) < 4.78 is 0. The van der Waals surface area contributed by atoms with E-state index in [2.05, 4.69) is 44.8 Å². The fraction of sp³-hybridized carbons (Fsp3) is 1.00. The molecule has 0 bridgehead atoms. The molecule has 0 radical (unpaired) electrons. The van der Waals surface area contributed by atoms with E-state index in [-0.39, 0.29) is 0 Å². The van der Waals surface area contributed by atoms with Gasteiger partial charge in [0.2, 0.25) is 0 Å². The topological polar surface area (TPSA) is 15.3 Å². The Morgan fingerprint density at radius 1 is 1.00 bits per heavy atom. The highest BCUT2D eigenvalue weighted by atomic mass is 15.3. The third kappa shape index (κ3) is 2.43. The molecule has 2 saturated heterocycles. The zero-order chi connectivity index (χ0) is 14.5. The van der Waals surface area contributed by atoms with Crippen LogP contribution in [0.1, 0.15) is 60.3 Å². The van der Waals surface area contributed by atoms with Gasteiger partial charge in [-0.25, -0.2) is 0 Å². The van der Waals surface area contributed by atoms with Crippen LogP contribution in [-0.2, 0) is 0 Å². The lowest BCUT2D eigenvalue weighted by Gasteiger charge is -2.45. The number of nitrogens with one attached hydrogen (secondary N) is 1. The van der Waals surface area contributed by atoms with E-state index in [0.717, 1.165) is 23.8 Å². The normalized spacial score (nSPS) is 41.9. The summed E-state index contributed by atoms with van der Waals surface area (Å²) in [5.74, 6) is 2.72. The number of likely N-dealkylation sites (tertiary alicyclic amines) is 1. The molecule has 3 rings (SSSR count). The fourth-order valence-electron chi connectivity index (χ4n) is 5.33. The van der Waals surface area contributed by atoms with Gasteiger partial charge < -0.3 is 5.32 Å². The Morgan fingerprint density at radius 3 is 2.20 bits per heavy atom. The van der Waals surface area contributed by atoms with Crippen LogP contribution in [0, 0.1) is 23.2 Å². The molecule has 2 heteroatoms. The molecule has 3 fully saturated rings. The second-order valence-corrected chi connectivity index (χ2v) is 9.20. The van der Waals surface area contributed by atoms with Crippen LogP contribution in [0.25, 0.3) is 0 Å². The first-order chi connectivity index (χ1) is 9.30. The highest BCUT2D eigenvalue weighted by Crippen LogP contribution is 2.46. The summed E-state index contributed by atoms with van der Waals surface area (Å²) in [6.45, 7) is 16.1. The number of hydrogen-bond donors (Lipinski definition) is 1. The van der Waals surface area contributed by atoms with E-state index >= 15 is 0 Å². The van der Waals surface area contributed by atoms with Gasteiger partial charge in [-0.05, 0) is 69.2 Å². The zero-order valence-electron chi connectivity index (χ0n) is 14.2. The van der Waals surface area contributed by atoms with Crippen LogP contribution >= 0.6 is 0 Å². The van der Waals surface area contributed by atoms with Gasteiger partial charge in [0.25, 0.3) is 0 Å². The lowest BCUT2D eigenvalue weighted by molar-refractivity contribution is 0.0422. The third-order valence-corrected chi connectivity index (χ3v) is 6.78. The van der Waals surface area contributed by atoms with Gasteiger partial charge in [0, 0.05) is 24.7 Å². The molecule has 1 aliphatic carbocycles. The predicted molar refractivity (Wildman–Crippen MR) is 85.8 cm³/mol. The Kier molecular flexibility index (Phi) is 3.70. The van der Waals surface area contributed by atoms with Gasteiger partial charge in [-0.15, -0.1) is 0 Å². The predicted octanol–water partition coefficient (Wildman–Crippen LogP) is 3.52. The van der Waals surface area contributed by atoms with Crippen LogP contribution in [-0.4, -0.2) is 36.1 Å². The molecule has 2 heterocycles. The van der Waals surface area contributed by atoms with E-state index in [0.29, 0.717) is 11.0 Å². The fourth-order valence-corrected chi connectivity index (χ4v) is 5.33. The maximum absolute atomic E-state index is 3.60. The van der Waals surface area contributed by atoms with E-state index in [4.69, 9.17) is 0 Å². The maximum atomic E-state index is 3.60. The molecule has 20 heavy (non-hydrogen) atoms. The van der Waals surface area contributed by atoms with Crippen LogP contribution in [0.3, 0.4) is 0 Å². The minimum atomic E-state index is 0.410. The van der Waals surface area contributed by atoms with Crippen LogP contribution in [0.15, 0.2) is 0 Å². The summed E-state index contributed by atoms with van der Waals surface area (Å²) in [5.41, 5.74) is 0.916. The SMILES string of the molecule is CC(C)(C)C1CCC(N2CC3CNCC3C2(C)C)CC1. The van der Waals surface area contributed by atoms with Gasteiger partial charge >= 0.3 is 0 Å². The molecule has 1 N–H and O–H groups in total. The molecular weight excluding hydrogens is 244 g/mol. The van der Waals surface area contributed by atoms with Crippen molar-refractivity contribution in [3.8, 4) is 0 Å². The second-order valence-electron chi connectivity index (χ2n) is 9.20. The van der Waals surface area contributed by atoms with Crippen molar-refractivity contribution in [3.63, 3.8) is 0 Å². The van der Waals surface area contributed by atoms with Crippen molar-refractivity contribution in [1.82, 2.24) is 10.2 Å². The monoisotopic (exact) mass is 278 g/mol. The van der Waals surface area contributed by atoms with Crippen molar-refractivity contribution in [2.24, 2.45) is 23.2 Å².